The first-order valence-corrected chi connectivity index (χ1v) is 7.32. The van der Waals surface area contributed by atoms with E-state index in [1.807, 2.05) is 6.07 Å². The van der Waals surface area contributed by atoms with Crippen molar-refractivity contribution in [1.82, 2.24) is 5.43 Å². The summed E-state index contributed by atoms with van der Waals surface area (Å²) in [6.45, 7) is 2.29. The summed E-state index contributed by atoms with van der Waals surface area (Å²) >= 11 is 3.33. The molecule has 1 atom stereocenters. The number of halogens is 2. The predicted molar refractivity (Wildman–Crippen MR) is 75.3 cm³/mol. The molecule has 3 N–H and O–H groups in total. The van der Waals surface area contributed by atoms with Crippen LogP contribution in [0.2, 0.25) is 0 Å². The van der Waals surface area contributed by atoms with Crippen LogP contribution < -0.4 is 11.3 Å². The summed E-state index contributed by atoms with van der Waals surface area (Å²) in [5.41, 5.74) is 3.80. The molecule has 1 aromatic carbocycles. The fraction of sp³-hybridized carbons (Fsp3) is 0.571. The highest BCUT2D eigenvalue weighted by Crippen LogP contribution is 2.38. The summed E-state index contributed by atoms with van der Waals surface area (Å²) in [5, 5.41) is 0. The van der Waals surface area contributed by atoms with Gasteiger partial charge in [0.05, 0.1) is 4.47 Å². The summed E-state index contributed by atoms with van der Waals surface area (Å²) in [7, 11) is 0. The fourth-order valence-electron chi connectivity index (χ4n) is 2.86. The monoisotopic (exact) mass is 314 g/mol. The molecule has 0 spiro atoms. The molecule has 100 valence electrons. The maximum absolute atomic E-state index is 13.6. The first kappa shape index (κ1) is 14.0. The van der Waals surface area contributed by atoms with E-state index in [0.29, 0.717) is 10.4 Å². The van der Waals surface area contributed by atoms with Gasteiger partial charge in [-0.1, -0.05) is 31.9 Å². The SMILES string of the molecule is CC1CCC(C(NN)c2cccc(F)c2Br)CC1. The number of benzene rings is 1. The number of hydrazine groups is 1. The summed E-state index contributed by atoms with van der Waals surface area (Å²) in [6, 6.07) is 5.17. The maximum Gasteiger partial charge on any atom is 0.137 e. The summed E-state index contributed by atoms with van der Waals surface area (Å²) in [6.07, 6.45) is 4.77. The van der Waals surface area contributed by atoms with E-state index in [4.69, 9.17) is 5.84 Å². The van der Waals surface area contributed by atoms with Crippen LogP contribution in [-0.2, 0) is 0 Å². The van der Waals surface area contributed by atoms with E-state index >= 15 is 0 Å². The van der Waals surface area contributed by atoms with E-state index in [-0.39, 0.29) is 11.9 Å². The number of hydrogen-bond acceptors (Lipinski definition) is 2. The molecular formula is C14H20BrFN2. The Hall–Kier alpha value is -0.450. The molecule has 18 heavy (non-hydrogen) atoms. The van der Waals surface area contributed by atoms with Crippen molar-refractivity contribution in [2.24, 2.45) is 17.7 Å². The zero-order valence-corrected chi connectivity index (χ0v) is 12.2. The zero-order valence-electron chi connectivity index (χ0n) is 10.6. The van der Waals surface area contributed by atoms with E-state index in [9.17, 15) is 4.39 Å². The van der Waals surface area contributed by atoms with Crippen molar-refractivity contribution >= 4 is 15.9 Å². The van der Waals surface area contributed by atoms with Gasteiger partial charge in [0.1, 0.15) is 5.82 Å². The second-order valence-electron chi connectivity index (χ2n) is 5.31. The minimum atomic E-state index is -0.225. The minimum absolute atomic E-state index is 0.0302. The van der Waals surface area contributed by atoms with Crippen LogP contribution >= 0.6 is 15.9 Å². The molecule has 1 fully saturated rings. The van der Waals surface area contributed by atoms with Gasteiger partial charge < -0.3 is 0 Å². The molecule has 1 unspecified atom stereocenters. The normalized spacial score (nSPS) is 26.0. The third-order valence-electron chi connectivity index (χ3n) is 4.03. The number of nitrogens with one attached hydrogen (secondary N) is 1. The zero-order chi connectivity index (χ0) is 13.1. The van der Waals surface area contributed by atoms with E-state index in [1.54, 1.807) is 6.07 Å². The Morgan fingerprint density at radius 3 is 2.61 bits per heavy atom. The maximum atomic E-state index is 13.6. The third kappa shape index (κ3) is 2.92. The molecule has 1 aliphatic carbocycles. The standard InChI is InChI=1S/C14H20BrFN2/c1-9-5-7-10(8-6-9)14(18-17)11-3-2-4-12(16)13(11)15/h2-4,9-10,14,18H,5-8,17H2,1H3. The summed E-state index contributed by atoms with van der Waals surface area (Å²) in [4.78, 5) is 0. The quantitative estimate of drug-likeness (QED) is 0.655. The molecule has 0 aromatic heterocycles. The lowest BCUT2D eigenvalue weighted by atomic mass is 9.77. The molecule has 0 amide bonds. The first-order valence-electron chi connectivity index (χ1n) is 6.53. The molecular weight excluding hydrogens is 295 g/mol. The van der Waals surface area contributed by atoms with Gasteiger partial charge in [-0.2, -0.15) is 0 Å². The summed E-state index contributed by atoms with van der Waals surface area (Å²) in [5.74, 6) is 6.76. The lowest BCUT2D eigenvalue weighted by Crippen LogP contribution is -2.35. The Bertz CT molecular complexity index is 403. The topological polar surface area (TPSA) is 38.0 Å². The lowest BCUT2D eigenvalue weighted by Gasteiger charge is -2.33. The van der Waals surface area contributed by atoms with Gasteiger partial charge in [0.25, 0.3) is 0 Å². The predicted octanol–water partition coefficient (Wildman–Crippen LogP) is 3.92. The summed E-state index contributed by atoms with van der Waals surface area (Å²) < 4.78 is 14.1. The van der Waals surface area contributed by atoms with Crippen molar-refractivity contribution in [1.29, 1.82) is 0 Å². The first-order chi connectivity index (χ1) is 8.63. The minimum Gasteiger partial charge on any atom is -0.271 e. The highest BCUT2D eigenvalue weighted by Gasteiger charge is 2.28. The molecule has 1 aliphatic rings. The molecule has 1 aromatic rings. The van der Waals surface area contributed by atoms with Crippen molar-refractivity contribution in [2.45, 2.75) is 38.6 Å². The van der Waals surface area contributed by atoms with E-state index in [0.717, 1.165) is 24.3 Å². The van der Waals surface area contributed by atoms with Crippen LogP contribution in [0.5, 0.6) is 0 Å². The third-order valence-corrected chi connectivity index (χ3v) is 4.86. The van der Waals surface area contributed by atoms with Gasteiger partial charge in [0, 0.05) is 6.04 Å². The largest absolute Gasteiger partial charge is 0.271 e. The van der Waals surface area contributed by atoms with Crippen molar-refractivity contribution in [3.05, 3.63) is 34.1 Å². The van der Waals surface area contributed by atoms with Gasteiger partial charge in [-0.05, 0) is 52.2 Å². The Morgan fingerprint density at radius 2 is 2.00 bits per heavy atom. The second-order valence-corrected chi connectivity index (χ2v) is 6.10. The molecule has 0 saturated heterocycles. The highest BCUT2D eigenvalue weighted by molar-refractivity contribution is 9.10. The van der Waals surface area contributed by atoms with E-state index in [2.05, 4.69) is 28.3 Å². The number of rotatable bonds is 3. The van der Waals surface area contributed by atoms with Gasteiger partial charge in [-0.15, -0.1) is 0 Å². The smallest absolute Gasteiger partial charge is 0.137 e. The van der Waals surface area contributed by atoms with Gasteiger partial charge in [-0.25, -0.2) is 4.39 Å². The van der Waals surface area contributed by atoms with Crippen LogP contribution in [0.15, 0.2) is 22.7 Å². The van der Waals surface area contributed by atoms with Gasteiger partial charge in [-0.3, -0.25) is 11.3 Å². The number of hydrogen-bond donors (Lipinski definition) is 2. The van der Waals surface area contributed by atoms with Crippen molar-refractivity contribution in [3.63, 3.8) is 0 Å². The molecule has 0 aliphatic heterocycles. The molecule has 0 heterocycles. The molecule has 0 radical (unpaired) electrons. The van der Waals surface area contributed by atoms with Crippen molar-refractivity contribution in [2.75, 3.05) is 0 Å². The fourth-order valence-corrected chi connectivity index (χ4v) is 3.37. The van der Waals surface area contributed by atoms with Crippen molar-refractivity contribution in [3.8, 4) is 0 Å². The molecule has 2 rings (SSSR count). The molecule has 1 saturated carbocycles. The van der Waals surface area contributed by atoms with Gasteiger partial charge in [0.2, 0.25) is 0 Å². The number of nitrogens with two attached hydrogens (primary N) is 1. The molecule has 4 heteroatoms. The average molecular weight is 315 g/mol. The van der Waals surface area contributed by atoms with Crippen LogP contribution in [0, 0.1) is 17.7 Å². The van der Waals surface area contributed by atoms with Crippen LogP contribution in [0.3, 0.4) is 0 Å². The van der Waals surface area contributed by atoms with Crippen molar-refractivity contribution < 1.29 is 4.39 Å². The van der Waals surface area contributed by atoms with Crippen LogP contribution in [-0.4, -0.2) is 0 Å². The lowest BCUT2D eigenvalue weighted by molar-refractivity contribution is 0.231. The second kappa shape index (κ2) is 6.13. The Labute approximate surface area is 116 Å². The van der Waals surface area contributed by atoms with Gasteiger partial charge >= 0.3 is 0 Å². The van der Waals surface area contributed by atoms with Gasteiger partial charge in [0.15, 0.2) is 0 Å². The Kier molecular flexibility index (Phi) is 4.76. The highest BCUT2D eigenvalue weighted by atomic mass is 79.9. The molecule has 0 bridgehead atoms. The van der Waals surface area contributed by atoms with E-state index in [1.165, 1.54) is 18.9 Å². The Morgan fingerprint density at radius 1 is 1.33 bits per heavy atom. The van der Waals surface area contributed by atoms with E-state index < -0.39 is 0 Å². The van der Waals surface area contributed by atoms with Crippen LogP contribution in [0.1, 0.15) is 44.2 Å². The molecule has 2 nitrogen and oxygen atoms in total. The Balaban J connectivity index is 2.20. The van der Waals surface area contributed by atoms with Crippen LogP contribution in [0.4, 0.5) is 4.39 Å². The van der Waals surface area contributed by atoms with Crippen LogP contribution in [0.25, 0.3) is 0 Å². The average Bonchev–Trinajstić information content (AvgIpc) is 2.37.